The summed E-state index contributed by atoms with van der Waals surface area (Å²) in [5.41, 5.74) is 0. The Balaban J connectivity index is 2.03. The van der Waals surface area contributed by atoms with E-state index >= 15 is 0 Å². The molecule has 84 valence electrons. The number of ether oxygens (including phenoxy) is 1. The van der Waals surface area contributed by atoms with E-state index in [0.717, 1.165) is 19.3 Å². The van der Waals surface area contributed by atoms with Gasteiger partial charge in [0, 0.05) is 12.5 Å². The monoisotopic (exact) mass is 213 g/mol. The zero-order valence-electron chi connectivity index (χ0n) is 8.52. The van der Waals surface area contributed by atoms with Crippen LogP contribution in [0, 0.1) is 5.92 Å². The van der Waals surface area contributed by atoms with Crippen LogP contribution in [-0.2, 0) is 14.3 Å². The van der Waals surface area contributed by atoms with E-state index in [1.807, 2.05) is 0 Å². The van der Waals surface area contributed by atoms with Crippen LogP contribution in [0.1, 0.15) is 19.3 Å². The number of carboxylic acid groups (broad SMARTS) is 1. The molecule has 1 N–H and O–H groups in total. The molecule has 5 heteroatoms. The summed E-state index contributed by atoms with van der Waals surface area (Å²) in [5, 5.41) is 8.96. The molecule has 1 heterocycles. The third-order valence-corrected chi connectivity index (χ3v) is 3.15. The summed E-state index contributed by atoms with van der Waals surface area (Å²) in [5.74, 6) is -0.913. The van der Waals surface area contributed by atoms with Gasteiger partial charge in [0.1, 0.15) is 0 Å². The highest BCUT2D eigenvalue weighted by Crippen LogP contribution is 2.29. The van der Waals surface area contributed by atoms with Crippen LogP contribution in [-0.4, -0.2) is 47.7 Å². The number of amides is 1. The number of nitrogens with zero attached hydrogens (tertiary/aromatic N) is 1. The summed E-state index contributed by atoms with van der Waals surface area (Å²) < 4.78 is 5.08. The van der Waals surface area contributed by atoms with Crippen LogP contribution in [0.25, 0.3) is 0 Å². The van der Waals surface area contributed by atoms with E-state index in [0.29, 0.717) is 13.2 Å². The Bertz CT molecular complexity index is 275. The van der Waals surface area contributed by atoms with Crippen molar-refractivity contribution >= 4 is 11.9 Å². The lowest BCUT2D eigenvalue weighted by Crippen LogP contribution is -2.54. The average molecular weight is 213 g/mol. The third-order valence-electron chi connectivity index (χ3n) is 3.15. The molecule has 15 heavy (non-hydrogen) atoms. The minimum atomic E-state index is -0.970. The van der Waals surface area contributed by atoms with E-state index in [1.54, 1.807) is 0 Å². The van der Waals surface area contributed by atoms with Crippen molar-refractivity contribution in [3.63, 3.8) is 0 Å². The molecule has 0 aromatic carbocycles. The first-order valence-electron chi connectivity index (χ1n) is 5.31. The summed E-state index contributed by atoms with van der Waals surface area (Å²) >= 11 is 0. The fourth-order valence-corrected chi connectivity index (χ4v) is 1.96. The molecule has 0 bridgehead atoms. The van der Waals surface area contributed by atoms with Crippen LogP contribution in [0.2, 0.25) is 0 Å². The highest BCUT2D eigenvalue weighted by molar-refractivity contribution is 5.85. The first kappa shape index (κ1) is 10.4. The van der Waals surface area contributed by atoms with Gasteiger partial charge in [-0.2, -0.15) is 0 Å². The second-order valence-corrected chi connectivity index (χ2v) is 4.09. The quantitative estimate of drug-likeness (QED) is 0.706. The number of hydrogen-bond donors (Lipinski definition) is 1. The number of aliphatic carboxylic acids is 1. The number of rotatable bonds is 2. The second kappa shape index (κ2) is 4.18. The van der Waals surface area contributed by atoms with Gasteiger partial charge >= 0.3 is 5.97 Å². The van der Waals surface area contributed by atoms with Crippen molar-refractivity contribution in [3.05, 3.63) is 0 Å². The van der Waals surface area contributed by atoms with Crippen molar-refractivity contribution in [2.45, 2.75) is 25.3 Å². The Morgan fingerprint density at radius 3 is 2.60 bits per heavy atom. The van der Waals surface area contributed by atoms with Gasteiger partial charge in [-0.3, -0.25) is 4.79 Å². The van der Waals surface area contributed by atoms with Crippen molar-refractivity contribution in [2.24, 2.45) is 5.92 Å². The first-order chi connectivity index (χ1) is 7.20. The topological polar surface area (TPSA) is 66.8 Å². The molecule has 0 aromatic rings. The zero-order chi connectivity index (χ0) is 10.8. The smallest absolute Gasteiger partial charge is 0.328 e. The maximum Gasteiger partial charge on any atom is 0.328 e. The molecule has 0 radical (unpaired) electrons. The van der Waals surface area contributed by atoms with Gasteiger partial charge in [0.15, 0.2) is 6.04 Å². The van der Waals surface area contributed by atoms with E-state index in [1.165, 1.54) is 4.90 Å². The average Bonchev–Trinajstić information content (AvgIpc) is 2.15. The van der Waals surface area contributed by atoms with Crippen molar-refractivity contribution in [1.82, 2.24) is 4.90 Å². The lowest BCUT2D eigenvalue weighted by Gasteiger charge is -2.37. The van der Waals surface area contributed by atoms with Crippen LogP contribution in [0.4, 0.5) is 0 Å². The maximum atomic E-state index is 11.9. The highest BCUT2D eigenvalue weighted by atomic mass is 16.5. The predicted molar refractivity (Wildman–Crippen MR) is 51.3 cm³/mol. The Labute approximate surface area is 88.0 Å². The summed E-state index contributed by atoms with van der Waals surface area (Å²) in [6.07, 6.45) is 2.89. The molecule has 1 aliphatic heterocycles. The van der Waals surface area contributed by atoms with E-state index in [9.17, 15) is 9.59 Å². The van der Waals surface area contributed by atoms with Crippen molar-refractivity contribution in [3.8, 4) is 0 Å². The standard InChI is InChI=1S/C10H15NO4/c12-9(7-2-1-3-7)11-4-5-15-6-8(11)10(13)14/h7-8H,1-6H2,(H,13,14). The van der Waals surface area contributed by atoms with E-state index < -0.39 is 12.0 Å². The molecule has 1 unspecified atom stereocenters. The zero-order valence-corrected chi connectivity index (χ0v) is 8.52. The Hall–Kier alpha value is -1.10. The van der Waals surface area contributed by atoms with Crippen LogP contribution >= 0.6 is 0 Å². The first-order valence-corrected chi connectivity index (χ1v) is 5.31. The largest absolute Gasteiger partial charge is 0.480 e. The lowest BCUT2D eigenvalue weighted by atomic mass is 9.84. The van der Waals surface area contributed by atoms with Gasteiger partial charge < -0.3 is 14.7 Å². The number of carbonyl (C=O) groups is 2. The molecule has 1 saturated carbocycles. The number of morpholine rings is 1. The van der Waals surface area contributed by atoms with Gasteiger partial charge in [0.2, 0.25) is 5.91 Å². The highest BCUT2D eigenvalue weighted by Gasteiger charge is 2.37. The second-order valence-electron chi connectivity index (χ2n) is 4.09. The van der Waals surface area contributed by atoms with Gasteiger partial charge in [-0.15, -0.1) is 0 Å². The number of carbonyl (C=O) groups excluding carboxylic acids is 1. The molecule has 2 fully saturated rings. The minimum absolute atomic E-state index is 0.00282. The van der Waals surface area contributed by atoms with Gasteiger partial charge in [0.05, 0.1) is 13.2 Å². The number of hydrogen-bond acceptors (Lipinski definition) is 3. The van der Waals surface area contributed by atoms with Crippen molar-refractivity contribution in [2.75, 3.05) is 19.8 Å². The molecule has 0 aromatic heterocycles. The maximum absolute atomic E-state index is 11.9. The summed E-state index contributed by atoms with van der Waals surface area (Å²) in [7, 11) is 0. The fraction of sp³-hybridized carbons (Fsp3) is 0.800. The van der Waals surface area contributed by atoms with Gasteiger partial charge in [-0.25, -0.2) is 4.79 Å². The van der Waals surface area contributed by atoms with Crippen molar-refractivity contribution in [1.29, 1.82) is 0 Å². The fourth-order valence-electron chi connectivity index (χ4n) is 1.96. The molecule has 2 aliphatic rings. The van der Waals surface area contributed by atoms with Crippen LogP contribution < -0.4 is 0 Å². The Morgan fingerprint density at radius 2 is 2.07 bits per heavy atom. The molecular formula is C10H15NO4. The molecule has 1 saturated heterocycles. The Morgan fingerprint density at radius 1 is 1.33 bits per heavy atom. The summed E-state index contributed by atoms with van der Waals surface area (Å²) in [4.78, 5) is 24.3. The van der Waals surface area contributed by atoms with E-state index in [2.05, 4.69) is 0 Å². The normalized spacial score (nSPS) is 27.2. The van der Waals surface area contributed by atoms with Gasteiger partial charge in [-0.1, -0.05) is 6.42 Å². The minimum Gasteiger partial charge on any atom is -0.480 e. The van der Waals surface area contributed by atoms with Crippen LogP contribution in [0.5, 0.6) is 0 Å². The van der Waals surface area contributed by atoms with Crippen LogP contribution in [0.15, 0.2) is 0 Å². The molecule has 2 rings (SSSR count). The third kappa shape index (κ3) is 1.97. The summed E-state index contributed by atoms with van der Waals surface area (Å²) in [6, 6.07) is -0.785. The lowest BCUT2D eigenvalue weighted by molar-refractivity contribution is -0.161. The molecule has 5 nitrogen and oxygen atoms in total. The van der Waals surface area contributed by atoms with E-state index in [-0.39, 0.29) is 18.4 Å². The number of carboxylic acids is 1. The van der Waals surface area contributed by atoms with Crippen molar-refractivity contribution < 1.29 is 19.4 Å². The van der Waals surface area contributed by atoms with Gasteiger partial charge in [0.25, 0.3) is 0 Å². The Kier molecular flexibility index (Phi) is 2.90. The molecule has 1 atom stereocenters. The van der Waals surface area contributed by atoms with E-state index in [4.69, 9.17) is 9.84 Å². The van der Waals surface area contributed by atoms with Crippen LogP contribution in [0.3, 0.4) is 0 Å². The SMILES string of the molecule is O=C(O)C1COCCN1C(=O)C1CCC1. The molecule has 0 spiro atoms. The molecular weight excluding hydrogens is 198 g/mol. The predicted octanol–water partition coefficient (Wildman–Crippen LogP) is 0.0985. The van der Waals surface area contributed by atoms with Gasteiger partial charge in [-0.05, 0) is 12.8 Å². The molecule has 1 aliphatic carbocycles. The summed E-state index contributed by atoms with van der Waals surface area (Å²) in [6.45, 7) is 0.975. The molecule has 1 amide bonds.